The Morgan fingerprint density at radius 3 is 2.23 bits per heavy atom. The number of anilines is 4. The number of primary sulfonamides is 1. The van der Waals surface area contributed by atoms with Crippen molar-refractivity contribution in [2.45, 2.75) is 11.1 Å². The predicted molar refractivity (Wildman–Crippen MR) is 108 cm³/mol. The van der Waals surface area contributed by atoms with Gasteiger partial charge in [0.2, 0.25) is 16.0 Å². The summed E-state index contributed by atoms with van der Waals surface area (Å²) in [5, 5.41) is 9.57. The van der Waals surface area contributed by atoms with Crippen molar-refractivity contribution in [2.24, 2.45) is 5.14 Å². The number of nitrogens with two attached hydrogens (primary N) is 1. The van der Waals surface area contributed by atoms with E-state index in [4.69, 9.17) is 28.3 Å². The number of halogens is 6. The molecule has 164 valence electrons. The highest BCUT2D eigenvalue weighted by molar-refractivity contribution is 7.89. The molecule has 0 saturated carbocycles. The highest BCUT2D eigenvalue weighted by Crippen LogP contribution is 2.36. The standard InChI is InChI=1S/C17H11Cl2F4N5O2S/c18-11-4-2-9(6-14(11)31(24,29)30)27-16-25-7-13(20)15(28-16)26-8-1-3-10(12(19)5-8)17(21,22)23/h1-7H,(H2,24,29,30)(H2,25,26,27,28). The first-order valence-electron chi connectivity index (χ1n) is 8.10. The van der Waals surface area contributed by atoms with E-state index in [0.29, 0.717) is 0 Å². The van der Waals surface area contributed by atoms with Crippen LogP contribution in [0.1, 0.15) is 5.56 Å². The predicted octanol–water partition coefficient (Wildman–Crippen LogP) is 5.08. The van der Waals surface area contributed by atoms with E-state index in [9.17, 15) is 26.0 Å². The highest BCUT2D eigenvalue weighted by Gasteiger charge is 2.33. The first kappa shape index (κ1) is 23.0. The first-order valence-corrected chi connectivity index (χ1v) is 10.4. The smallest absolute Gasteiger partial charge is 0.338 e. The molecule has 14 heteroatoms. The fourth-order valence-corrected chi connectivity index (χ4v) is 3.76. The van der Waals surface area contributed by atoms with Crippen LogP contribution in [-0.4, -0.2) is 18.4 Å². The number of aromatic nitrogens is 2. The highest BCUT2D eigenvalue weighted by atomic mass is 35.5. The summed E-state index contributed by atoms with van der Waals surface area (Å²) < 4.78 is 75.7. The van der Waals surface area contributed by atoms with Gasteiger partial charge >= 0.3 is 6.18 Å². The molecule has 0 unspecified atom stereocenters. The third kappa shape index (κ3) is 5.53. The second kappa shape index (κ2) is 8.46. The van der Waals surface area contributed by atoms with E-state index in [-0.39, 0.29) is 33.1 Å². The Hall–Kier alpha value is -2.67. The van der Waals surface area contributed by atoms with Gasteiger partial charge in [0.15, 0.2) is 11.6 Å². The van der Waals surface area contributed by atoms with Crippen LogP contribution in [0.15, 0.2) is 47.5 Å². The van der Waals surface area contributed by atoms with Crippen LogP contribution in [0, 0.1) is 5.82 Å². The third-order valence-electron chi connectivity index (χ3n) is 3.78. The molecule has 0 aliphatic heterocycles. The molecule has 0 bridgehead atoms. The Balaban J connectivity index is 1.87. The van der Waals surface area contributed by atoms with Gasteiger partial charge in [0.1, 0.15) is 4.90 Å². The van der Waals surface area contributed by atoms with Gasteiger partial charge in [0.05, 0.1) is 21.8 Å². The van der Waals surface area contributed by atoms with Crippen LogP contribution in [0.3, 0.4) is 0 Å². The zero-order valence-electron chi connectivity index (χ0n) is 15.0. The van der Waals surface area contributed by atoms with E-state index >= 15 is 0 Å². The Morgan fingerprint density at radius 1 is 0.968 bits per heavy atom. The molecule has 0 spiro atoms. The number of rotatable bonds is 5. The number of nitrogens with one attached hydrogen (secondary N) is 2. The number of hydrogen-bond acceptors (Lipinski definition) is 6. The molecule has 0 radical (unpaired) electrons. The molecular formula is C17H11Cl2F4N5O2S. The van der Waals surface area contributed by atoms with Crippen molar-refractivity contribution in [1.82, 2.24) is 9.97 Å². The van der Waals surface area contributed by atoms with E-state index in [1.165, 1.54) is 12.1 Å². The Labute approximate surface area is 183 Å². The van der Waals surface area contributed by atoms with Gasteiger partial charge in [-0.3, -0.25) is 0 Å². The van der Waals surface area contributed by atoms with Crippen LogP contribution in [0.4, 0.5) is 40.7 Å². The van der Waals surface area contributed by atoms with Crippen molar-refractivity contribution in [2.75, 3.05) is 10.6 Å². The van der Waals surface area contributed by atoms with Crippen LogP contribution in [0.25, 0.3) is 0 Å². The summed E-state index contributed by atoms with van der Waals surface area (Å²) in [7, 11) is -4.10. The van der Waals surface area contributed by atoms with Gasteiger partial charge in [-0.25, -0.2) is 22.9 Å². The molecule has 1 heterocycles. The second-order valence-corrected chi connectivity index (χ2v) is 8.37. The molecular weight excluding hydrogens is 485 g/mol. The van der Waals surface area contributed by atoms with Gasteiger partial charge in [-0.05, 0) is 36.4 Å². The van der Waals surface area contributed by atoms with Crippen molar-refractivity contribution in [3.63, 3.8) is 0 Å². The van der Waals surface area contributed by atoms with Crippen LogP contribution in [0.5, 0.6) is 0 Å². The van der Waals surface area contributed by atoms with Crippen LogP contribution in [0.2, 0.25) is 10.0 Å². The molecule has 7 nitrogen and oxygen atoms in total. The minimum atomic E-state index is -4.64. The minimum absolute atomic E-state index is 0.0459. The molecule has 3 rings (SSSR count). The lowest BCUT2D eigenvalue weighted by Crippen LogP contribution is -2.13. The number of alkyl halides is 3. The van der Waals surface area contributed by atoms with Gasteiger partial charge < -0.3 is 10.6 Å². The van der Waals surface area contributed by atoms with Crippen molar-refractivity contribution in [1.29, 1.82) is 0 Å². The summed E-state index contributed by atoms with van der Waals surface area (Å²) in [6, 6.07) is 6.58. The second-order valence-electron chi connectivity index (χ2n) is 6.02. The maximum absolute atomic E-state index is 14.1. The average molecular weight is 496 g/mol. The third-order valence-corrected chi connectivity index (χ3v) is 5.48. The van der Waals surface area contributed by atoms with Crippen molar-refractivity contribution >= 4 is 56.4 Å². The van der Waals surface area contributed by atoms with Gasteiger partial charge in [-0.15, -0.1) is 0 Å². The van der Waals surface area contributed by atoms with Gasteiger partial charge in [-0.1, -0.05) is 23.2 Å². The molecule has 4 N–H and O–H groups in total. The molecule has 1 aromatic heterocycles. The van der Waals surface area contributed by atoms with Crippen molar-refractivity contribution in [3.8, 4) is 0 Å². The van der Waals surface area contributed by atoms with Gasteiger partial charge in [0.25, 0.3) is 0 Å². The molecule has 0 aliphatic rings. The van der Waals surface area contributed by atoms with E-state index in [0.717, 1.165) is 30.5 Å². The maximum atomic E-state index is 14.1. The molecule has 0 amide bonds. The summed E-state index contributed by atoms with van der Waals surface area (Å²) in [5.74, 6) is -1.42. The SMILES string of the molecule is NS(=O)(=O)c1cc(Nc2ncc(F)c(Nc3ccc(C(F)(F)F)c(Cl)c3)n2)ccc1Cl. The largest absolute Gasteiger partial charge is 0.417 e. The molecule has 0 saturated heterocycles. The van der Waals surface area contributed by atoms with Crippen LogP contribution in [-0.2, 0) is 16.2 Å². The number of nitrogens with zero attached hydrogens (tertiary/aromatic N) is 2. The Kier molecular flexibility index (Phi) is 6.28. The fourth-order valence-electron chi connectivity index (χ4n) is 2.40. The summed E-state index contributed by atoms with van der Waals surface area (Å²) in [6.45, 7) is 0. The number of hydrogen-bond donors (Lipinski definition) is 3. The normalized spacial score (nSPS) is 12.0. The maximum Gasteiger partial charge on any atom is 0.417 e. The first-order chi connectivity index (χ1) is 14.3. The van der Waals surface area contributed by atoms with Crippen molar-refractivity contribution < 1.29 is 26.0 Å². The minimum Gasteiger partial charge on any atom is -0.338 e. The van der Waals surface area contributed by atoms with Crippen LogP contribution < -0.4 is 15.8 Å². The van der Waals surface area contributed by atoms with E-state index < -0.39 is 32.6 Å². The van der Waals surface area contributed by atoms with Gasteiger partial charge in [0, 0.05) is 11.4 Å². The Morgan fingerprint density at radius 2 is 1.61 bits per heavy atom. The lowest BCUT2D eigenvalue weighted by atomic mass is 10.2. The topological polar surface area (TPSA) is 110 Å². The molecule has 3 aromatic rings. The number of sulfonamides is 1. The number of benzene rings is 2. The summed E-state index contributed by atoms with van der Waals surface area (Å²) in [5.41, 5.74) is -0.813. The summed E-state index contributed by atoms with van der Waals surface area (Å²) >= 11 is 11.5. The lowest BCUT2D eigenvalue weighted by molar-refractivity contribution is -0.137. The van der Waals surface area contributed by atoms with E-state index in [1.807, 2.05) is 0 Å². The van der Waals surface area contributed by atoms with E-state index in [2.05, 4.69) is 20.6 Å². The molecule has 0 fully saturated rings. The molecule has 2 aromatic carbocycles. The average Bonchev–Trinajstić information content (AvgIpc) is 2.64. The van der Waals surface area contributed by atoms with Gasteiger partial charge in [-0.2, -0.15) is 18.2 Å². The molecule has 0 aliphatic carbocycles. The van der Waals surface area contributed by atoms with Crippen molar-refractivity contribution in [3.05, 3.63) is 64.0 Å². The monoisotopic (exact) mass is 495 g/mol. The molecule has 0 atom stereocenters. The quantitative estimate of drug-likeness (QED) is 0.426. The zero-order chi connectivity index (χ0) is 23.0. The summed E-state index contributed by atoms with van der Waals surface area (Å²) in [4.78, 5) is 7.27. The van der Waals surface area contributed by atoms with Crippen LogP contribution >= 0.6 is 23.2 Å². The lowest BCUT2D eigenvalue weighted by Gasteiger charge is -2.13. The Bertz CT molecular complexity index is 1260. The molecule has 31 heavy (non-hydrogen) atoms. The van der Waals surface area contributed by atoms with E-state index in [1.54, 1.807) is 0 Å². The summed E-state index contributed by atoms with van der Waals surface area (Å²) in [6.07, 6.45) is -3.83. The fraction of sp³-hybridized carbons (Fsp3) is 0.0588. The zero-order valence-corrected chi connectivity index (χ0v) is 17.3.